The van der Waals surface area contributed by atoms with E-state index in [9.17, 15) is 8.42 Å². The molecule has 8 heteroatoms. The van der Waals surface area contributed by atoms with Crippen molar-refractivity contribution in [3.8, 4) is 0 Å². The lowest BCUT2D eigenvalue weighted by atomic mass is 9.83. The Morgan fingerprint density at radius 1 is 1.38 bits per heavy atom. The van der Waals surface area contributed by atoms with Crippen molar-refractivity contribution in [2.24, 2.45) is 5.92 Å². The quantitative estimate of drug-likeness (QED) is 0.821. The van der Waals surface area contributed by atoms with Gasteiger partial charge in [0.2, 0.25) is 10.0 Å². The van der Waals surface area contributed by atoms with Gasteiger partial charge in [-0.15, -0.1) is 0 Å². The number of rotatable bonds is 6. The van der Waals surface area contributed by atoms with Crippen molar-refractivity contribution in [1.29, 1.82) is 0 Å². The van der Waals surface area contributed by atoms with E-state index in [1.807, 2.05) is 13.0 Å². The highest BCUT2D eigenvalue weighted by molar-refractivity contribution is 7.90. The molecule has 134 valence electrons. The predicted octanol–water partition coefficient (Wildman–Crippen LogP) is 1.05. The van der Waals surface area contributed by atoms with Crippen molar-refractivity contribution in [2.45, 2.75) is 50.0 Å². The van der Waals surface area contributed by atoms with Crippen molar-refractivity contribution in [2.75, 3.05) is 26.2 Å². The van der Waals surface area contributed by atoms with Crippen LogP contribution in [-0.2, 0) is 21.3 Å². The number of hydrogen-bond acceptors (Lipinski definition) is 6. The van der Waals surface area contributed by atoms with E-state index in [0.717, 1.165) is 56.8 Å². The fourth-order valence-corrected chi connectivity index (χ4v) is 5.12. The third kappa shape index (κ3) is 3.51. The van der Waals surface area contributed by atoms with Crippen LogP contribution in [0.25, 0.3) is 0 Å². The molecule has 0 radical (unpaired) electrons. The zero-order valence-corrected chi connectivity index (χ0v) is 14.8. The molecule has 3 fully saturated rings. The van der Waals surface area contributed by atoms with E-state index in [-0.39, 0.29) is 16.8 Å². The van der Waals surface area contributed by atoms with E-state index >= 15 is 0 Å². The monoisotopic (exact) mass is 355 g/mol. The van der Waals surface area contributed by atoms with E-state index in [1.54, 1.807) is 0 Å². The van der Waals surface area contributed by atoms with Gasteiger partial charge in [0.05, 0.1) is 23.2 Å². The highest BCUT2D eigenvalue weighted by Crippen LogP contribution is 2.36. The third-order valence-electron chi connectivity index (χ3n) is 5.26. The summed E-state index contributed by atoms with van der Waals surface area (Å²) in [6.45, 7) is 5.68. The molecule has 0 amide bonds. The van der Waals surface area contributed by atoms with Gasteiger partial charge in [-0.05, 0) is 38.5 Å². The Morgan fingerprint density at radius 3 is 2.75 bits per heavy atom. The SMILES string of the molecule is Cc1cc(CN2CC3(CCC(CNS(=O)(=O)C4CC4)CO3)C2)no1. The fraction of sp³-hybridized carbons (Fsp3) is 0.812. The molecule has 7 nitrogen and oxygen atoms in total. The highest BCUT2D eigenvalue weighted by atomic mass is 32.2. The van der Waals surface area contributed by atoms with Crippen LogP contribution in [0, 0.1) is 12.8 Å². The van der Waals surface area contributed by atoms with E-state index in [0.29, 0.717) is 13.2 Å². The van der Waals surface area contributed by atoms with Gasteiger partial charge in [-0.25, -0.2) is 13.1 Å². The van der Waals surface area contributed by atoms with Crippen molar-refractivity contribution < 1.29 is 17.7 Å². The number of nitrogens with zero attached hydrogens (tertiary/aromatic N) is 2. The summed E-state index contributed by atoms with van der Waals surface area (Å²) in [4.78, 5) is 2.31. The van der Waals surface area contributed by atoms with Crippen molar-refractivity contribution in [3.63, 3.8) is 0 Å². The second-order valence-electron chi connectivity index (χ2n) is 7.57. The zero-order valence-electron chi connectivity index (χ0n) is 14.0. The normalized spacial score (nSPS) is 27.3. The number of likely N-dealkylation sites (tertiary alicyclic amines) is 1. The van der Waals surface area contributed by atoms with E-state index in [1.165, 1.54) is 0 Å². The average molecular weight is 355 g/mol. The molecule has 1 saturated carbocycles. The van der Waals surface area contributed by atoms with Crippen LogP contribution in [0.4, 0.5) is 0 Å². The van der Waals surface area contributed by atoms with Gasteiger partial charge in [0.1, 0.15) is 5.76 Å². The number of ether oxygens (including phenoxy) is 1. The first-order chi connectivity index (χ1) is 11.4. The molecule has 4 rings (SSSR count). The Morgan fingerprint density at radius 2 is 2.17 bits per heavy atom. The van der Waals surface area contributed by atoms with Gasteiger partial charge in [0, 0.05) is 32.2 Å². The third-order valence-corrected chi connectivity index (χ3v) is 7.17. The average Bonchev–Trinajstić information content (AvgIpc) is 3.30. The van der Waals surface area contributed by atoms with E-state index < -0.39 is 10.0 Å². The molecule has 3 heterocycles. The van der Waals surface area contributed by atoms with Crippen LogP contribution < -0.4 is 4.72 Å². The summed E-state index contributed by atoms with van der Waals surface area (Å²) in [6.07, 6.45) is 3.63. The molecule has 0 aromatic carbocycles. The lowest BCUT2D eigenvalue weighted by Crippen LogP contribution is -2.64. The first kappa shape index (κ1) is 16.5. The Bertz CT molecular complexity index is 682. The largest absolute Gasteiger partial charge is 0.372 e. The van der Waals surface area contributed by atoms with Gasteiger partial charge in [0.15, 0.2) is 0 Å². The smallest absolute Gasteiger partial charge is 0.214 e. The molecule has 1 aliphatic carbocycles. The molecule has 1 spiro atoms. The van der Waals surface area contributed by atoms with Gasteiger partial charge >= 0.3 is 0 Å². The summed E-state index contributed by atoms with van der Waals surface area (Å²) < 4.78 is 37.7. The number of sulfonamides is 1. The summed E-state index contributed by atoms with van der Waals surface area (Å²) in [6, 6.07) is 1.97. The second-order valence-corrected chi connectivity index (χ2v) is 9.61. The van der Waals surface area contributed by atoms with Crippen LogP contribution in [0.2, 0.25) is 0 Å². The van der Waals surface area contributed by atoms with Gasteiger partial charge in [0.25, 0.3) is 0 Å². The van der Waals surface area contributed by atoms with E-state index in [2.05, 4.69) is 14.8 Å². The predicted molar refractivity (Wildman–Crippen MR) is 87.9 cm³/mol. The van der Waals surface area contributed by atoms with Gasteiger partial charge < -0.3 is 9.26 Å². The minimum Gasteiger partial charge on any atom is -0.372 e. The molecular formula is C16H25N3O4S. The number of aryl methyl sites for hydroxylation is 1. The summed E-state index contributed by atoms with van der Waals surface area (Å²) in [5, 5.41) is 3.88. The molecule has 3 aliphatic rings. The Balaban J connectivity index is 1.20. The molecule has 2 saturated heterocycles. The minimum absolute atomic E-state index is 0.0371. The van der Waals surface area contributed by atoms with Gasteiger partial charge in [-0.1, -0.05) is 5.16 Å². The maximum absolute atomic E-state index is 11.9. The minimum atomic E-state index is -3.08. The maximum atomic E-state index is 11.9. The van der Waals surface area contributed by atoms with E-state index in [4.69, 9.17) is 9.26 Å². The van der Waals surface area contributed by atoms with Crippen LogP contribution in [-0.4, -0.2) is 55.6 Å². The molecule has 1 atom stereocenters. The zero-order chi connectivity index (χ0) is 16.8. The lowest BCUT2D eigenvalue weighted by Gasteiger charge is -2.52. The Hall–Kier alpha value is -0.960. The van der Waals surface area contributed by atoms with Gasteiger partial charge in [-0.3, -0.25) is 4.90 Å². The Labute approximate surface area is 142 Å². The standard InChI is InChI=1S/C16H25N3O4S/c1-12-6-14(18-23-12)8-19-10-16(11-19)5-4-13(9-22-16)7-17-24(20,21)15-2-3-15/h6,13,15,17H,2-5,7-11H2,1H3. The molecule has 0 bridgehead atoms. The van der Waals surface area contributed by atoms with Crippen molar-refractivity contribution >= 4 is 10.0 Å². The number of nitrogens with one attached hydrogen (secondary N) is 1. The Kier molecular flexibility index (Phi) is 4.19. The molecule has 1 N–H and O–H groups in total. The summed E-state index contributed by atoms with van der Waals surface area (Å²) in [7, 11) is -3.08. The topological polar surface area (TPSA) is 84.7 Å². The molecule has 1 unspecified atom stereocenters. The molecule has 1 aromatic rings. The first-order valence-electron chi connectivity index (χ1n) is 8.71. The number of hydrogen-bond donors (Lipinski definition) is 1. The van der Waals surface area contributed by atoms with Crippen LogP contribution in [0.5, 0.6) is 0 Å². The fourth-order valence-electron chi connectivity index (χ4n) is 3.66. The second kappa shape index (κ2) is 6.09. The van der Waals surface area contributed by atoms with Crippen LogP contribution in [0.1, 0.15) is 37.1 Å². The molecule has 1 aromatic heterocycles. The van der Waals surface area contributed by atoms with Gasteiger partial charge in [-0.2, -0.15) is 0 Å². The molecule has 24 heavy (non-hydrogen) atoms. The van der Waals surface area contributed by atoms with Crippen LogP contribution in [0.3, 0.4) is 0 Å². The van der Waals surface area contributed by atoms with Crippen molar-refractivity contribution in [1.82, 2.24) is 14.8 Å². The summed E-state index contributed by atoms with van der Waals surface area (Å²) in [5.74, 6) is 1.13. The number of aromatic nitrogens is 1. The molecular weight excluding hydrogens is 330 g/mol. The van der Waals surface area contributed by atoms with Crippen LogP contribution >= 0.6 is 0 Å². The summed E-state index contributed by atoms with van der Waals surface area (Å²) in [5.41, 5.74) is 0.926. The summed E-state index contributed by atoms with van der Waals surface area (Å²) >= 11 is 0. The van der Waals surface area contributed by atoms with Crippen LogP contribution in [0.15, 0.2) is 10.6 Å². The lowest BCUT2D eigenvalue weighted by molar-refractivity contribution is -0.181. The first-order valence-corrected chi connectivity index (χ1v) is 10.3. The maximum Gasteiger partial charge on any atom is 0.214 e. The van der Waals surface area contributed by atoms with Crippen molar-refractivity contribution in [3.05, 3.63) is 17.5 Å². The highest BCUT2D eigenvalue weighted by Gasteiger charge is 2.46. The molecule has 2 aliphatic heterocycles.